The van der Waals surface area contributed by atoms with E-state index in [4.69, 9.17) is 0 Å². The van der Waals surface area contributed by atoms with Crippen molar-refractivity contribution < 1.29 is 27.5 Å². The smallest absolute Gasteiger partial charge is 0.428 e. The number of hydrogen-bond acceptors (Lipinski definition) is 5. The Balaban J connectivity index is 1.85. The Hall–Kier alpha value is -1.74. The Labute approximate surface area is 141 Å². The van der Waals surface area contributed by atoms with Crippen molar-refractivity contribution in [2.24, 2.45) is 0 Å². The van der Waals surface area contributed by atoms with Gasteiger partial charge in [0.05, 0.1) is 0 Å². The minimum atomic E-state index is -4.90. The molecule has 1 aliphatic heterocycles. The molecule has 1 aromatic carbocycles. The predicted molar refractivity (Wildman–Crippen MR) is 82.5 cm³/mol. The quantitative estimate of drug-likeness (QED) is 0.771. The van der Waals surface area contributed by atoms with Gasteiger partial charge >= 0.3 is 12.3 Å². The Kier molecular flexibility index (Phi) is 6.11. The molecule has 5 nitrogen and oxygen atoms in total. The average molecular weight is 362 g/mol. The van der Waals surface area contributed by atoms with E-state index >= 15 is 0 Å². The molecule has 24 heavy (non-hydrogen) atoms. The van der Waals surface area contributed by atoms with Crippen LogP contribution >= 0.6 is 11.9 Å². The number of halogens is 3. The predicted octanol–water partition coefficient (Wildman–Crippen LogP) is 2.97. The van der Waals surface area contributed by atoms with Crippen LogP contribution in [0, 0.1) is 0 Å². The highest BCUT2D eigenvalue weighted by molar-refractivity contribution is 7.97. The zero-order chi connectivity index (χ0) is 17.7. The number of carbonyl (C=O) groups excluding carboxylic acids is 2. The molecule has 1 amide bonds. The minimum Gasteiger partial charge on any atom is -0.428 e. The fourth-order valence-corrected chi connectivity index (χ4v) is 3.07. The fourth-order valence-electron chi connectivity index (χ4n) is 2.15. The lowest BCUT2D eigenvalue weighted by Gasteiger charge is -2.34. The van der Waals surface area contributed by atoms with Crippen molar-refractivity contribution in [1.29, 1.82) is 0 Å². The van der Waals surface area contributed by atoms with E-state index in [0.717, 1.165) is 11.8 Å². The van der Waals surface area contributed by atoms with Gasteiger partial charge in [0.15, 0.2) is 5.78 Å². The molecular formula is C15H17F3N2O3S. The van der Waals surface area contributed by atoms with E-state index in [1.165, 1.54) is 16.8 Å². The van der Waals surface area contributed by atoms with Crippen LogP contribution in [0.1, 0.15) is 6.92 Å². The summed E-state index contributed by atoms with van der Waals surface area (Å²) in [7, 11) is 0. The molecule has 2 rings (SSSR count). The Morgan fingerprint density at radius 3 is 2.21 bits per heavy atom. The molecule has 0 N–H and O–H groups in total. The average Bonchev–Trinajstić information content (AvgIpc) is 2.52. The molecule has 0 spiro atoms. The summed E-state index contributed by atoms with van der Waals surface area (Å²) in [4.78, 5) is 25.1. The van der Waals surface area contributed by atoms with Gasteiger partial charge in [-0.2, -0.15) is 13.2 Å². The number of benzene rings is 1. The number of Topliss-reactive ketones (excluding diaryl/α,β-unsaturated/α-hetero) is 1. The van der Waals surface area contributed by atoms with Crippen molar-refractivity contribution in [2.45, 2.75) is 24.1 Å². The first-order valence-electron chi connectivity index (χ1n) is 7.28. The maximum atomic E-state index is 12.7. The maximum Gasteiger partial charge on any atom is 0.432 e. The molecule has 1 aromatic rings. The Morgan fingerprint density at radius 1 is 1.12 bits per heavy atom. The van der Waals surface area contributed by atoms with Gasteiger partial charge in [-0.05, 0) is 31.0 Å². The number of rotatable bonds is 4. The van der Waals surface area contributed by atoms with Crippen LogP contribution in [-0.4, -0.2) is 59.5 Å². The first-order valence-corrected chi connectivity index (χ1v) is 8.05. The minimum absolute atomic E-state index is 0.237. The number of amides is 1. The van der Waals surface area contributed by atoms with Gasteiger partial charge in [-0.3, -0.25) is 4.79 Å². The van der Waals surface area contributed by atoms with E-state index in [2.05, 4.69) is 4.74 Å². The van der Waals surface area contributed by atoms with E-state index < -0.39 is 24.2 Å². The Bertz CT molecular complexity index is 575. The molecular weight excluding hydrogens is 345 g/mol. The molecule has 0 radical (unpaired) electrons. The van der Waals surface area contributed by atoms with Gasteiger partial charge in [0, 0.05) is 31.1 Å². The van der Waals surface area contributed by atoms with Gasteiger partial charge in [0.1, 0.15) is 0 Å². The van der Waals surface area contributed by atoms with Crippen LogP contribution in [0.5, 0.6) is 0 Å². The second kappa shape index (κ2) is 7.89. The summed E-state index contributed by atoms with van der Waals surface area (Å²) in [6.07, 6.45) is -8.72. The third kappa shape index (κ3) is 5.13. The topological polar surface area (TPSA) is 49.9 Å². The van der Waals surface area contributed by atoms with E-state index in [1.807, 2.05) is 34.6 Å². The first-order chi connectivity index (χ1) is 11.3. The zero-order valence-electron chi connectivity index (χ0n) is 13.0. The van der Waals surface area contributed by atoms with Gasteiger partial charge in [-0.15, -0.1) is 0 Å². The number of hydrogen-bond donors (Lipinski definition) is 0. The van der Waals surface area contributed by atoms with Gasteiger partial charge in [-0.25, -0.2) is 9.10 Å². The number of alkyl halides is 3. The van der Waals surface area contributed by atoms with Gasteiger partial charge < -0.3 is 9.64 Å². The second-order valence-corrected chi connectivity index (χ2v) is 6.41. The van der Waals surface area contributed by atoms with Crippen molar-refractivity contribution in [2.75, 3.05) is 26.2 Å². The summed E-state index contributed by atoms with van der Waals surface area (Å²) in [5, 5.41) is 0. The number of ketones is 1. The normalized spacial score (nSPS) is 17.4. The summed E-state index contributed by atoms with van der Waals surface area (Å²) < 4.78 is 44.4. The van der Waals surface area contributed by atoms with Crippen molar-refractivity contribution in [3.05, 3.63) is 30.3 Å². The van der Waals surface area contributed by atoms with Crippen LogP contribution in [-0.2, 0) is 9.53 Å². The standard InChI is InChI=1S/C15H17F3N2O3S/c1-11(21)13(15(16,17)18)23-14(22)19-7-9-20(10-8-19)24-12-5-3-2-4-6-12/h2-6,13H,7-10H2,1H3. The van der Waals surface area contributed by atoms with Crippen LogP contribution in [0.2, 0.25) is 0 Å². The van der Waals surface area contributed by atoms with Crippen molar-refractivity contribution in [3.8, 4) is 0 Å². The molecule has 1 saturated heterocycles. The molecule has 0 aliphatic carbocycles. The largest absolute Gasteiger partial charge is 0.432 e. The van der Waals surface area contributed by atoms with Crippen molar-refractivity contribution in [1.82, 2.24) is 9.21 Å². The highest BCUT2D eigenvalue weighted by Crippen LogP contribution is 2.26. The van der Waals surface area contributed by atoms with Crippen molar-refractivity contribution in [3.63, 3.8) is 0 Å². The SMILES string of the molecule is CC(=O)C(OC(=O)N1CCN(Sc2ccccc2)CC1)C(F)(F)F. The molecule has 9 heteroatoms. The van der Waals surface area contributed by atoms with E-state index in [-0.39, 0.29) is 13.1 Å². The summed E-state index contributed by atoms with van der Waals surface area (Å²) in [6.45, 7) is 2.21. The van der Waals surface area contributed by atoms with Crippen LogP contribution in [0.25, 0.3) is 0 Å². The highest BCUT2D eigenvalue weighted by atomic mass is 32.2. The molecule has 1 heterocycles. The lowest BCUT2D eigenvalue weighted by Crippen LogP contribution is -2.49. The van der Waals surface area contributed by atoms with E-state index in [0.29, 0.717) is 13.1 Å². The zero-order valence-corrected chi connectivity index (χ0v) is 13.8. The highest BCUT2D eigenvalue weighted by Gasteiger charge is 2.47. The molecule has 1 unspecified atom stereocenters. The molecule has 1 aliphatic rings. The molecule has 132 valence electrons. The summed E-state index contributed by atoms with van der Waals surface area (Å²) in [6, 6.07) is 9.63. The number of nitrogens with zero attached hydrogens (tertiary/aromatic N) is 2. The fraction of sp³-hybridized carbons (Fsp3) is 0.467. The van der Waals surface area contributed by atoms with E-state index in [1.54, 1.807) is 0 Å². The van der Waals surface area contributed by atoms with Gasteiger partial charge in [-0.1, -0.05) is 18.2 Å². The van der Waals surface area contributed by atoms with Crippen LogP contribution < -0.4 is 0 Å². The monoisotopic (exact) mass is 362 g/mol. The third-order valence-electron chi connectivity index (χ3n) is 3.36. The molecule has 1 atom stereocenters. The van der Waals surface area contributed by atoms with Gasteiger partial charge in [0.25, 0.3) is 6.10 Å². The Morgan fingerprint density at radius 2 is 1.71 bits per heavy atom. The van der Waals surface area contributed by atoms with Crippen LogP contribution in [0.3, 0.4) is 0 Å². The molecule has 1 fully saturated rings. The number of carbonyl (C=O) groups is 2. The lowest BCUT2D eigenvalue weighted by atomic mass is 10.2. The maximum absolute atomic E-state index is 12.7. The molecule has 0 saturated carbocycles. The number of piperazine rings is 1. The summed E-state index contributed by atoms with van der Waals surface area (Å²) in [5.41, 5.74) is 0. The molecule has 0 aromatic heterocycles. The summed E-state index contributed by atoms with van der Waals surface area (Å²) in [5.74, 6) is -1.24. The third-order valence-corrected chi connectivity index (χ3v) is 4.47. The van der Waals surface area contributed by atoms with Gasteiger partial charge in [0.2, 0.25) is 0 Å². The van der Waals surface area contributed by atoms with E-state index in [9.17, 15) is 22.8 Å². The lowest BCUT2D eigenvalue weighted by molar-refractivity contribution is -0.204. The first kappa shape index (κ1) is 18.6. The molecule has 0 bridgehead atoms. The van der Waals surface area contributed by atoms with Crippen LogP contribution in [0.15, 0.2) is 35.2 Å². The number of ether oxygens (including phenoxy) is 1. The summed E-state index contributed by atoms with van der Waals surface area (Å²) >= 11 is 1.52. The van der Waals surface area contributed by atoms with Crippen molar-refractivity contribution >= 4 is 23.8 Å². The second-order valence-electron chi connectivity index (χ2n) is 5.24. The van der Waals surface area contributed by atoms with Crippen LogP contribution in [0.4, 0.5) is 18.0 Å².